The molecule has 5 heteroatoms. The fraction of sp³-hybridized carbons (Fsp3) is 0.357. The minimum Gasteiger partial charge on any atom is -0.494 e. The molecule has 1 unspecified atom stereocenters. The van der Waals surface area contributed by atoms with Crippen molar-refractivity contribution in [1.29, 1.82) is 0 Å². The summed E-state index contributed by atoms with van der Waals surface area (Å²) in [6.07, 6.45) is 2.49. The topological polar surface area (TPSA) is 47.3 Å². The summed E-state index contributed by atoms with van der Waals surface area (Å²) in [4.78, 5) is 3.68. The molecule has 2 aromatic heterocycles. The highest BCUT2D eigenvalue weighted by Crippen LogP contribution is 2.39. The quantitative estimate of drug-likeness (QED) is 0.846. The molecule has 0 radical (unpaired) electrons. The zero-order valence-corrected chi connectivity index (χ0v) is 10.6. The highest BCUT2D eigenvalue weighted by molar-refractivity contribution is 5.68. The van der Waals surface area contributed by atoms with E-state index >= 15 is 0 Å². The molecule has 3 heterocycles. The summed E-state index contributed by atoms with van der Waals surface area (Å²) in [5.74, 6) is 0.0459. The van der Waals surface area contributed by atoms with Crippen molar-refractivity contribution < 1.29 is 14.2 Å². The van der Waals surface area contributed by atoms with E-state index in [0.717, 1.165) is 25.1 Å². The number of fused-ring (bicyclic) bond motifs is 1. The largest absolute Gasteiger partial charge is 0.494 e. The van der Waals surface area contributed by atoms with Gasteiger partial charge in [0.15, 0.2) is 0 Å². The Labute approximate surface area is 110 Å². The second kappa shape index (κ2) is 4.66. The van der Waals surface area contributed by atoms with E-state index in [4.69, 9.17) is 4.74 Å². The van der Waals surface area contributed by atoms with Gasteiger partial charge in [-0.1, -0.05) is 0 Å². The van der Waals surface area contributed by atoms with Crippen LogP contribution in [0.15, 0.2) is 24.4 Å². The first-order valence-electron chi connectivity index (χ1n) is 6.28. The van der Waals surface area contributed by atoms with Crippen LogP contribution >= 0.6 is 0 Å². The minimum atomic E-state index is -0.526. The predicted molar refractivity (Wildman–Crippen MR) is 68.4 cm³/mol. The van der Waals surface area contributed by atoms with Crippen molar-refractivity contribution >= 4 is 0 Å². The van der Waals surface area contributed by atoms with Gasteiger partial charge in [-0.3, -0.25) is 0 Å². The molecule has 19 heavy (non-hydrogen) atoms. The van der Waals surface area contributed by atoms with Gasteiger partial charge in [-0.15, -0.1) is 0 Å². The van der Waals surface area contributed by atoms with E-state index in [1.807, 2.05) is 4.57 Å². The third kappa shape index (κ3) is 1.90. The van der Waals surface area contributed by atoms with Crippen LogP contribution in [0.2, 0.25) is 0 Å². The Kier molecular flexibility index (Phi) is 2.98. The average Bonchev–Trinajstić information content (AvgIpc) is 2.79. The molecule has 0 amide bonds. The Hall–Kier alpha value is -1.88. The second-order valence-corrected chi connectivity index (χ2v) is 4.64. The smallest absolute Gasteiger partial charge is 0.222 e. The summed E-state index contributed by atoms with van der Waals surface area (Å²) < 4.78 is 21.1. The number of halogens is 1. The van der Waals surface area contributed by atoms with Crippen LogP contribution in [-0.4, -0.2) is 21.8 Å². The maximum atomic E-state index is 13.9. The van der Waals surface area contributed by atoms with Crippen LogP contribution in [0, 0.1) is 5.95 Å². The third-order valence-corrected chi connectivity index (χ3v) is 3.53. The van der Waals surface area contributed by atoms with Crippen LogP contribution in [0.5, 0.6) is 5.75 Å². The molecule has 0 aromatic carbocycles. The van der Waals surface area contributed by atoms with E-state index in [-0.39, 0.29) is 0 Å². The van der Waals surface area contributed by atoms with Crippen molar-refractivity contribution in [3.05, 3.63) is 36.0 Å². The van der Waals surface area contributed by atoms with E-state index in [1.54, 1.807) is 25.3 Å². The van der Waals surface area contributed by atoms with Gasteiger partial charge >= 0.3 is 0 Å². The van der Waals surface area contributed by atoms with Gasteiger partial charge in [-0.05, 0) is 25.0 Å². The summed E-state index contributed by atoms with van der Waals surface area (Å²) in [7, 11) is 1.55. The lowest BCUT2D eigenvalue weighted by atomic mass is 10.1. The zero-order valence-electron chi connectivity index (χ0n) is 10.6. The molecule has 4 nitrogen and oxygen atoms in total. The van der Waals surface area contributed by atoms with Gasteiger partial charge in [-0.2, -0.15) is 4.39 Å². The van der Waals surface area contributed by atoms with E-state index in [9.17, 15) is 9.50 Å². The number of hydrogen-bond acceptors (Lipinski definition) is 3. The number of aliphatic hydroxyl groups excluding tert-OH is 1. The summed E-state index contributed by atoms with van der Waals surface area (Å²) >= 11 is 0. The fourth-order valence-electron chi connectivity index (χ4n) is 2.65. The molecule has 0 fully saturated rings. The van der Waals surface area contributed by atoms with Gasteiger partial charge in [-0.25, -0.2) is 4.98 Å². The Balaban J connectivity index is 2.23. The lowest BCUT2D eigenvalue weighted by Gasteiger charge is -2.22. The first-order valence-corrected chi connectivity index (χ1v) is 6.28. The van der Waals surface area contributed by atoms with Crippen LogP contribution in [-0.2, 0) is 6.54 Å². The lowest BCUT2D eigenvalue weighted by Crippen LogP contribution is -2.15. The first kappa shape index (κ1) is 12.2. The molecule has 1 aliphatic rings. The molecular weight excluding hydrogens is 247 g/mol. The monoisotopic (exact) mass is 262 g/mol. The van der Waals surface area contributed by atoms with Gasteiger partial charge in [0.2, 0.25) is 5.95 Å². The predicted octanol–water partition coefficient (Wildman–Crippen LogP) is 2.53. The summed E-state index contributed by atoms with van der Waals surface area (Å²) in [5, 5.41) is 10.0. The first-order chi connectivity index (χ1) is 9.22. The molecule has 0 spiro atoms. The van der Waals surface area contributed by atoms with Crippen molar-refractivity contribution in [1.82, 2.24) is 9.55 Å². The number of aliphatic hydroxyl groups is 1. The molecular formula is C14H15FN2O2. The van der Waals surface area contributed by atoms with E-state index in [1.165, 1.54) is 6.20 Å². The normalized spacial score (nSPS) is 18.2. The molecule has 1 atom stereocenters. The summed E-state index contributed by atoms with van der Waals surface area (Å²) in [6, 6.07) is 5.15. The molecule has 3 rings (SSSR count). The number of pyridine rings is 1. The lowest BCUT2D eigenvalue weighted by molar-refractivity contribution is 0.139. The van der Waals surface area contributed by atoms with Crippen LogP contribution < -0.4 is 4.74 Å². The van der Waals surface area contributed by atoms with Crippen LogP contribution in [0.25, 0.3) is 11.3 Å². The summed E-state index contributed by atoms with van der Waals surface area (Å²) in [5.41, 5.74) is 1.84. The zero-order chi connectivity index (χ0) is 13.4. The summed E-state index contributed by atoms with van der Waals surface area (Å²) in [6.45, 7) is 0.749. The Morgan fingerprint density at radius 2 is 2.37 bits per heavy atom. The number of hydrogen-bond donors (Lipinski definition) is 1. The fourth-order valence-corrected chi connectivity index (χ4v) is 2.65. The van der Waals surface area contributed by atoms with Gasteiger partial charge in [0.05, 0.1) is 30.2 Å². The van der Waals surface area contributed by atoms with Crippen molar-refractivity contribution in [3.63, 3.8) is 0 Å². The van der Waals surface area contributed by atoms with Gasteiger partial charge in [0.1, 0.15) is 5.75 Å². The maximum Gasteiger partial charge on any atom is 0.222 e. The second-order valence-electron chi connectivity index (χ2n) is 4.64. The van der Waals surface area contributed by atoms with Crippen molar-refractivity contribution in [2.45, 2.75) is 25.5 Å². The number of rotatable bonds is 2. The molecule has 0 aliphatic carbocycles. The van der Waals surface area contributed by atoms with Crippen molar-refractivity contribution in [2.24, 2.45) is 0 Å². The number of nitrogens with zero attached hydrogens (tertiary/aromatic N) is 2. The van der Waals surface area contributed by atoms with Crippen molar-refractivity contribution in [2.75, 3.05) is 7.11 Å². The molecule has 2 aromatic rings. The molecule has 0 saturated carbocycles. The molecule has 0 saturated heterocycles. The van der Waals surface area contributed by atoms with Crippen LogP contribution in [0.3, 0.4) is 0 Å². The third-order valence-electron chi connectivity index (χ3n) is 3.53. The van der Waals surface area contributed by atoms with Crippen LogP contribution in [0.1, 0.15) is 24.6 Å². The SMILES string of the molecule is COc1cc2n(c1-c1cccnc1F)CCCC2O. The van der Waals surface area contributed by atoms with Gasteiger partial charge < -0.3 is 14.4 Å². The van der Waals surface area contributed by atoms with Gasteiger partial charge in [0, 0.05) is 18.8 Å². The van der Waals surface area contributed by atoms with Crippen LogP contribution in [0.4, 0.5) is 4.39 Å². The Morgan fingerprint density at radius 1 is 1.53 bits per heavy atom. The van der Waals surface area contributed by atoms with E-state index in [0.29, 0.717) is 17.0 Å². The molecule has 100 valence electrons. The minimum absolute atomic E-state index is 0.403. The molecule has 1 aliphatic heterocycles. The maximum absolute atomic E-state index is 13.9. The molecule has 1 N–H and O–H groups in total. The highest BCUT2D eigenvalue weighted by atomic mass is 19.1. The average molecular weight is 262 g/mol. The van der Waals surface area contributed by atoms with E-state index in [2.05, 4.69) is 4.98 Å². The highest BCUT2D eigenvalue weighted by Gasteiger charge is 2.26. The molecule has 0 bridgehead atoms. The number of methoxy groups -OCH3 is 1. The Bertz CT molecular complexity index is 609. The number of ether oxygens (including phenoxy) is 1. The number of aromatic nitrogens is 2. The Morgan fingerprint density at radius 3 is 3.11 bits per heavy atom. The van der Waals surface area contributed by atoms with Gasteiger partial charge in [0.25, 0.3) is 0 Å². The van der Waals surface area contributed by atoms with E-state index < -0.39 is 12.1 Å². The van der Waals surface area contributed by atoms with Crippen molar-refractivity contribution in [3.8, 4) is 17.0 Å². The standard InChI is InChI=1S/C14H15FN2O2/c1-19-12-8-10-11(18)5-3-7-17(10)13(12)9-4-2-6-16-14(9)15/h2,4,6,8,11,18H,3,5,7H2,1H3.